The summed E-state index contributed by atoms with van der Waals surface area (Å²) < 4.78 is 26.8. The Morgan fingerprint density at radius 1 is 1.03 bits per heavy atom. The molecule has 0 radical (unpaired) electrons. The van der Waals surface area contributed by atoms with Gasteiger partial charge in [-0.3, -0.25) is 10.0 Å². The second kappa shape index (κ2) is 9.08. The Morgan fingerprint density at radius 2 is 1.63 bits per heavy atom. The van der Waals surface area contributed by atoms with Crippen LogP contribution in [-0.2, 0) is 21.4 Å². The molecule has 0 unspecified atom stereocenters. The van der Waals surface area contributed by atoms with Crippen molar-refractivity contribution in [2.24, 2.45) is 0 Å². The van der Waals surface area contributed by atoms with Gasteiger partial charge in [-0.25, -0.2) is 17.9 Å². The van der Waals surface area contributed by atoms with Gasteiger partial charge in [-0.2, -0.15) is 0 Å². The number of carbonyl (C=O) groups is 1. The number of benzene rings is 2. The number of aromatic nitrogens is 1. The van der Waals surface area contributed by atoms with Gasteiger partial charge in [0, 0.05) is 25.0 Å². The number of hydrogen-bond acceptors (Lipinski definition) is 5. The number of amides is 1. The zero-order chi connectivity index (χ0) is 21.7. The first kappa shape index (κ1) is 21.5. The highest BCUT2D eigenvalue weighted by Gasteiger charge is 2.16. The lowest BCUT2D eigenvalue weighted by Gasteiger charge is -2.10. The molecule has 2 N–H and O–H groups in total. The Hall–Kier alpha value is -3.20. The number of nitrogens with zero attached hydrogens (tertiary/aromatic N) is 2. The lowest BCUT2D eigenvalue weighted by Crippen LogP contribution is -2.14. The minimum atomic E-state index is -3.75. The molecule has 2 aromatic carbocycles. The van der Waals surface area contributed by atoms with Crippen molar-refractivity contribution in [1.29, 1.82) is 0 Å². The van der Waals surface area contributed by atoms with Crippen LogP contribution in [0.3, 0.4) is 0 Å². The molecule has 8 heteroatoms. The maximum absolute atomic E-state index is 12.9. The van der Waals surface area contributed by atoms with Crippen molar-refractivity contribution in [2.75, 3.05) is 14.1 Å². The monoisotopic (exact) mass is 425 g/mol. The first-order chi connectivity index (χ1) is 14.3. The van der Waals surface area contributed by atoms with Crippen LogP contribution in [0.15, 0.2) is 78.0 Å². The van der Waals surface area contributed by atoms with E-state index >= 15 is 0 Å². The van der Waals surface area contributed by atoms with E-state index in [2.05, 4.69) is 17.0 Å². The fraction of sp³-hybridized carbons (Fsp3) is 0.136. The van der Waals surface area contributed by atoms with E-state index in [4.69, 9.17) is 5.21 Å². The fourth-order valence-electron chi connectivity index (χ4n) is 2.96. The maximum atomic E-state index is 12.9. The van der Waals surface area contributed by atoms with E-state index in [9.17, 15) is 13.2 Å². The molecule has 0 aliphatic carbocycles. The molecule has 0 saturated heterocycles. The van der Waals surface area contributed by atoms with E-state index in [1.165, 1.54) is 29.5 Å². The quantitative estimate of drug-likeness (QED) is 0.345. The van der Waals surface area contributed by atoms with Gasteiger partial charge in [0.05, 0.1) is 4.90 Å². The highest BCUT2D eigenvalue weighted by Crippen LogP contribution is 2.23. The summed E-state index contributed by atoms with van der Waals surface area (Å²) >= 11 is 0. The van der Waals surface area contributed by atoms with Gasteiger partial charge in [0.25, 0.3) is 15.9 Å². The Bertz CT molecular complexity index is 1150. The first-order valence-corrected chi connectivity index (χ1v) is 10.6. The van der Waals surface area contributed by atoms with Gasteiger partial charge in [0.1, 0.15) is 0 Å². The van der Waals surface area contributed by atoms with E-state index in [0.717, 1.165) is 27.7 Å². The van der Waals surface area contributed by atoms with Crippen molar-refractivity contribution >= 4 is 22.0 Å². The molecule has 0 fully saturated rings. The number of rotatable bonds is 7. The van der Waals surface area contributed by atoms with Crippen LogP contribution >= 0.6 is 0 Å². The zero-order valence-corrected chi connectivity index (χ0v) is 17.5. The highest BCUT2D eigenvalue weighted by atomic mass is 32.2. The largest absolute Gasteiger partial charge is 0.305 e. The summed E-state index contributed by atoms with van der Waals surface area (Å²) in [6.45, 7) is 0.857. The second-order valence-electron chi connectivity index (χ2n) is 7.05. The minimum absolute atomic E-state index is 0.162. The topological polar surface area (TPSA) is 91.6 Å². The summed E-state index contributed by atoms with van der Waals surface area (Å²) in [4.78, 5) is 13.3. The van der Waals surface area contributed by atoms with Crippen molar-refractivity contribution < 1.29 is 18.4 Å². The van der Waals surface area contributed by atoms with E-state index in [1.54, 1.807) is 30.3 Å². The third-order valence-corrected chi connectivity index (χ3v) is 6.09. The number of nitrogens with one attached hydrogen (secondary N) is 1. The molecule has 3 aromatic rings. The molecular weight excluding hydrogens is 402 g/mol. The molecular formula is C22H23N3O4S. The third-order valence-electron chi connectivity index (χ3n) is 4.44. The van der Waals surface area contributed by atoms with Crippen molar-refractivity contribution in [3.05, 3.63) is 84.2 Å². The van der Waals surface area contributed by atoms with Gasteiger partial charge in [-0.1, -0.05) is 36.4 Å². The van der Waals surface area contributed by atoms with Crippen molar-refractivity contribution in [2.45, 2.75) is 11.4 Å². The third kappa shape index (κ3) is 5.04. The Kier molecular flexibility index (Phi) is 6.51. The predicted molar refractivity (Wildman–Crippen MR) is 115 cm³/mol. The van der Waals surface area contributed by atoms with Crippen LogP contribution in [0.1, 0.15) is 11.1 Å². The molecule has 0 saturated carbocycles. The van der Waals surface area contributed by atoms with Crippen LogP contribution < -0.4 is 5.48 Å². The van der Waals surface area contributed by atoms with Gasteiger partial charge in [-0.05, 0) is 60.6 Å². The van der Waals surface area contributed by atoms with Crippen LogP contribution in [0.2, 0.25) is 0 Å². The van der Waals surface area contributed by atoms with E-state index in [-0.39, 0.29) is 4.90 Å². The average Bonchev–Trinajstić information content (AvgIpc) is 3.22. The summed E-state index contributed by atoms with van der Waals surface area (Å²) in [5.41, 5.74) is 5.13. The van der Waals surface area contributed by atoms with Crippen molar-refractivity contribution in [3.8, 4) is 11.1 Å². The molecule has 0 spiro atoms. The van der Waals surface area contributed by atoms with Gasteiger partial charge >= 0.3 is 0 Å². The van der Waals surface area contributed by atoms with Crippen LogP contribution in [0.25, 0.3) is 17.2 Å². The van der Waals surface area contributed by atoms with Crippen molar-refractivity contribution in [3.63, 3.8) is 0 Å². The summed E-state index contributed by atoms with van der Waals surface area (Å²) in [5, 5.41) is 8.49. The maximum Gasteiger partial charge on any atom is 0.267 e. The van der Waals surface area contributed by atoms with Crippen LogP contribution in [0.4, 0.5) is 0 Å². The molecule has 1 heterocycles. The summed E-state index contributed by atoms with van der Waals surface area (Å²) in [7, 11) is 0.279. The molecule has 0 bridgehead atoms. The summed E-state index contributed by atoms with van der Waals surface area (Å²) in [6.07, 6.45) is 5.31. The molecule has 7 nitrogen and oxygen atoms in total. The summed E-state index contributed by atoms with van der Waals surface area (Å²) in [6, 6.07) is 16.4. The molecule has 3 rings (SSSR count). The molecule has 30 heavy (non-hydrogen) atoms. The van der Waals surface area contributed by atoms with E-state index in [1.807, 2.05) is 26.2 Å². The number of hydroxylamine groups is 1. The lowest BCUT2D eigenvalue weighted by molar-refractivity contribution is -0.124. The Morgan fingerprint density at radius 3 is 2.20 bits per heavy atom. The van der Waals surface area contributed by atoms with Gasteiger partial charge in [0.15, 0.2) is 0 Å². The fourth-order valence-corrected chi connectivity index (χ4v) is 4.16. The smallest absolute Gasteiger partial charge is 0.267 e. The van der Waals surface area contributed by atoms with E-state index in [0.29, 0.717) is 5.56 Å². The first-order valence-electron chi connectivity index (χ1n) is 9.19. The van der Waals surface area contributed by atoms with Crippen LogP contribution in [0.5, 0.6) is 0 Å². The Balaban J connectivity index is 1.79. The van der Waals surface area contributed by atoms with Crippen molar-refractivity contribution in [1.82, 2.24) is 14.4 Å². The Labute approximate surface area is 175 Å². The zero-order valence-electron chi connectivity index (χ0n) is 16.7. The normalized spacial score (nSPS) is 11.9. The molecule has 1 aromatic heterocycles. The molecule has 0 atom stereocenters. The second-order valence-corrected chi connectivity index (χ2v) is 8.89. The number of hydrogen-bond donors (Lipinski definition) is 2. The SMILES string of the molecule is CN(C)Cc1ccc(-c2ccc(S(=O)(=O)n3ccc(/C=C/C(=O)NO)c3)cc2)cc1. The molecule has 0 aliphatic rings. The minimum Gasteiger partial charge on any atom is -0.305 e. The van der Waals surface area contributed by atoms with Crippen LogP contribution in [0, 0.1) is 0 Å². The highest BCUT2D eigenvalue weighted by molar-refractivity contribution is 7.90. The average molecular weight is 426 g/mol. The van der Waals surface area contributed by atoms with Gasteiger partial charge in [0.2, 0.25) is 0 Å². The standard InChI is InChI=1S/C22H23N3O4S/c1-24(2)15-17-3-6-19(7-4-17)20-8-10-21(11-9-20)30(28,29)25-14-13-18(16-25)5-12-22(26)23-27/h3-14,16,27H,15H2,1-2H3,(H,23,26)/b12-5+. The van der Waals surface area contributed by atoms with E-state index < -0.39 is 15.9 Å². The van der Waals surface area contributed by atoms with Gasteiger partial charge in [-0.15, -0.1) is 0 Å². The summed E-state index contributed by atoms with van der Waals surface area (Å²) in [5.74, 6) is -0.698. The van der Waals surface area contributed by atoms with Gasteiger partial charge < -0.3 is 4.90 Å². The molecule has 1 amide bonds. The number of carbonyl (C=O) groups excluding carboxylic acids is 1. The molecule has 0 aliphatic heterocycles. The molecule has 156 valence electrons. The van der Waals surface area contributed by atoms with Crippen LogP contribution in [-0.4, -0.2) is 42.5 Å². The predicted octanol–water partition coefficient (Wildman–Crippen LogP) is 2.97. The lowest BCUT2D eigenvalue weighted by atomic mass is 10.0.